The van der Waals surface area contributed by atoms with E-state index in [9.17, 15) is 9.18 Å². The molecule has 0 radical (unpaired) electrons. The van der Waals surface area contributed by atoms with E-state index >= 15 is 0 Å². The lowest BCUT2D eigenvalue weighted by molar-refractivity contribution is -0.117. The summed E-state index contributed by atoms with van der Waals surface area (Å²) in [4.78, 5) is 11.7. The summed E-state index contributed by atoms with van der Waals surface area (Å²) in [6.45, 7) is 4.89. The second-order valence-electron chi connectivity index (χ2n) is 4.78. The molecule has 0 fully saturated rings. The molecule has 0 bridgehead atoms. The van der Waals surface area contributed by atoms with E-state index in [4.69, 9.17) is 5.26 Å². The summed E-state index contributed by atoms with van der Waals surface area (Å²) in [5.41, 5.74) is 0.885. The van der Waals surface area contributed by atoms with Gasteiger partial charge >= 0.3 is 0 Å². The van der Waals surface area contributed by atoms with Crippen molar-refractivity contribution in [2.75, 3.05) is 6.54 Å². The summed E-state index contributed by atoms with van der Waals surface area (Å²) in [6.07, 6.45) is 1.37. The van der Waals surface area contributed by atoms with Gasteiger partial charge in [-0.05, 0) is 23.6 Å². The van der Waals surface area contributed by atoms with Crippen molar-refractivity contribution >= 4 is 5.91 Å². The molecule has 4 nitrogen and oxygen atoms in total. The Balaban J connectivity index is 2.51. The Kier molecular flexibility index (Phi) is 6.24. The number of benzene rings is 1. The van der Waals surface area contributed by atoms with E-state index in [0.717, 1.165) is 5.56 Å². The zero-order valence-electron chi connectivity index (χ0n) is 11.6. The zero-order valence-corrected chi connectivity index (χ0v) is 11.6. The van der Waals surface area contributed by atoms with Gasteiger partial charge in [-0.15, -0.1) is 0 Å². The Morgan fingerprint density at radius 1 is 1.40 bits per heavy atom. The van der Waals surface area contributed by atoms with Crippen molar-refractivity contribution in [3.63, 3.8) is 0 Å². The summed E-state index contributed by atoms with van der Waals surface area (Å²) in [6, 6.07) is 7.85. The summed E-state index contributed by atoms with van der Waals surface area (Å²) in [5, 5.41) is 14.5. The Labute approximate surface area is 118 Å². The number of hydrogen-bond donors (Lipinski definition) is 2. The first kappa shape index (κ1) is 15.7. The maximum atomic E-state index is 12.7. The third kappa shape index (κ3) is 5.53. The molecule has 20 heavy (non-hydrogen) atoms. The van der Waals surface area contributed by atoms with Gasteiger partial charge in [0.25, 0.3) is 5.91 Å². The van der Waals surface area contributed by atoms with Crippen LogP contribution in [0.5, 0.6) is 0 Å². The minimum Gasteiger partial charge on any atom is -0.386 e. The SMILES string of the molecule is CC(C)CNC(=O)/C(C#N)=C\NCc1ccc(F)cc1. The number of amides is 1. The van der Waals surface area contributed by atoms with Crippen molar-refractivity contribution in [1.82, 2.24) is 10.6 Å². The van der Waals surface area contributed by atoms with Gasteiger partial charge in [-0.25, -0.2) is 4.39 Å². The number of nitriles is 1. The Hall–Kier alpha value is -2.35. The third-order valence-corrected chi connectivity index (χ3v) is 2.50. The molecule has 0 heterocycles. The van der Waals surface area contributed by atoms with Crippen molar-refractivity contribution in [2.45, 2.75) is 20.4 Å². The minimum atomic E-state index is -0.396. The summed E-state index contributed by atoms with van der Waals surface area (Å²) >= 11 is 0. The number of nitrogens with one attached hydrogen (secondary N) is 2. The second kappa shape index (κ2) is 7.95. The van der Waals surface area contributed by atoms with Gasteiger partial charge in [-0.1, -0.05) is 26.0 Å². The van der Waals surface area contributed by atoms with Crippen LogP contribution in [-0.2, 0) is 11.3 Å². The molecule has 1 aromatic carbocycles. The van der Waals surface area contributed by atoms with Crippen LogP contribution in [0.1, 0.15) is 19.4 Å². The van der Waals surface area contributed by atoms with Crippen LogP contribution in [0.25, 0.3) is 0 Å². The molecule has 0 aliphatic rings. The van der Waals surface area contributed by atoms with Gasteiger partial charge in [0, 0.05) is 19.3 Å². The highest BCUT2D eigenvalue weighted by Gasteiger charge is 2.08. The number of nitrogens with zero attached hydrogens (tertiary/aromatic N) is 1. The first-order valence-electron chi connectivity index (χ1n) is 6.39. The van der Waals surface area contributed by atoms with E-state index in [-0.39, 0.29) is 11.4 Å². The van der Waals surface area contributed by atoms with Gasteiger partial charge in [-0.2, -0.15) is 5.26 Å². The molecule has 0 saturated carbocycles. The van der Waals surface area contributed by atoms with Crippen molar-refractivity contribution in [3.05, 3.63) is 47.4 Å². The molecular formula is C15H18FN3O. The largest absolute Gasteiger partial charge is 0.386 e. The van der Waals surface area contributed by atoms with E-state index < -0.39 is 5.91 Å². The Morgan fingerprint density at radius 2 is 2.05 bits per heavy atom. The molecule has 0 aromatic heterocycles. The number of hydrogen-bond acceptors (Lipinski definition) is 3. The lowest BCUT2D eigenvalue weighted by Gasteiger charge is -2.07. The lowest BCUT2D eigenvalue weighted by Crippen LogP contribution is -2.29. The van der Waals surface area contributed by atoms with Crippen LogP contribution >= 0.6 is 0 Å². The second-order valence-corrected chi connectivity index (χ2v) is 4.78. The van der Waals surface area contributed by atoms with Crippen molar-refractivity contribution in [3.8, 4) is 6.07 Å². The molecule has 2 N–H and O–H groups in total. The third-order valence-electron chi connectivity index (χ3n) is 2.50. The summed E-state index contributed by atoms with van der Waals surface area (Å²) < 4.78 is 12.7. The van der Waals surface area contributed by atoms with E-state index in [2.05, 4.69) is 10.6 Å². The monoisotopic (exact) mass is 275 g/mol. The molecule has 0 saturated heterocycles. The van der Waals surface area contributed by atoms with E-state index in [1.165, 1.54) is 18.3 Å². The minimum absolute atomic E-state index is 0.0211. The summed E-state index contributed by atoms with van der Waals surface area (Å²) in [7, 11) is 0. The Morgan fingerprint density at radius 3 is 2.60 bits per heavy atom. The standard InChI is InChI=1S/C15H18FN3O/c1-11(2)8-19-15(20)13(7-17)10-18-9-12-3-5-14(16)6-4-12/h3-6,10-11,18H,8-9H2,1-2H3,(H,19,20)/b13-10-. The van der Waals surface area contributed by atoms with Crippen molar-refractivity contribution < 1.29 is 9.18 Å². The predicted molar refractivity (Wildman–Crippen MR) is 74.8 cm³/mol. The highest BCUT2D eigenvalue weighted by molar-refractivity contribution is 5.97. The highest BCUT2D eigenvalue weighted by Crippen LogP contribution is 2.02. The highest BCUT2D eigenvalue weighted by atomic mass is 19.1. The lowest BCUT2D eigenvalue weighted by atomic mass is 10.2. The molecule has 5 heteroatoms. The molecule has 0 aliphatic heterocycles. The molecule has 0 spiro atoms. The predicted octanol–water partition coefficient (Wildman–Crippen LogP) is 2.09. The number of carbonyl (C=O) groups is 1. The number of rotatable bonds is 6. The van der Waals surface area contributed by atoms with Gasteiger partial charge in [0.05, 0.1) is 0 Å². The van der Waals surface area contributed by atoms with Crippen LogP contribution < -0.4 is 10.6 Å². The van der Waals surface area contributed by atoms with Crippen LogP contribution in [0.2, 0.25) is 0 Å². The molecule has 1 rings (SSSR count). The first-order valence-corrected chi connectivity index (χ1v) is 6.39. The maximum absolute atomic E-state index is 12.7. The number of halogens is 1. The molecule has 0 unspecified atom stereocenters. The van der Waals surface area contributed by atoms with Crippen LogP contribution in [0, 0.1) is 23.1 Å². The van der Waals surface area contributed by atoms with Crippen LogP contribution in [-0.4, -0.2) is 12.5 Å². The van der Waals surface area contributed by atoms with Crippen molar-refractivity contribution in [1.29, 1.82) is 5.26 Å². The van der Waals surface area contributed by atoms with E-state index in [1.54, 1.807) is 12.1 Å². The van der Waals surface area contributed by atoms with Gasteiger partial charge in [0.1, 0.15) is 17.5 Å². The number of carbonyl (C=O) groups excluding carboxylic acids is 1. The smallest absolute Gasteiger partial charge is 0.263 e. The van der Waals surface area contributed by atoms with Crippen LogP contribution in [0.15, 0.2) is 36.0 Å². The molecule has 106 valence electrons. The normalized spacial score (nSPS) is 11.1. The summed E-state index contributed by atoms with van der Waals surface area (Å²) in [5.74, 6) is -0.367. The quantitative estimate of drug-likeness (QED) is 0.617. The van der Waals surface area contributed by atoms with E-state index in [1.807, 2.05) is 19.9 Å². The fourth-order valence-corrected chi connectivity index (χ4v) is 1.41. The fourth-order valence-electron chi connectivity index (χ4n) is 1.41. The molecule has 1 amide bonds. The average Bonchev–Trinajstić information content (AvgIpc) is 2.43. The maximum Gasteiger partial charge on any atom is 0.263 e. The Bertz CT molecular complexity index is 515. The van der Waals surface area contributed by atoms with Gasteiger partial charge < -0.3 is 10.6 Å². The molecular weight excluding hydrogens is 257 g/mol. The van der Waals surface area contributed by atoms with Crippen LogP contribution in [0.3, 0.4) is 0 Å². The van der Waals surface area contributed by atoms with Gasteiger partial charge in [0.2, 0.25) is 0 Å². The topological polar surface area (TPSA) is 64.9 Å². The first-order chi connectivity index (χ1) is 9.52. The van der Waals surface area contributed by atoms with Gasteiger partial charge in [-0.3, -0.25) is 4.79 Å². The molecule has 1 aromatic rings. The average molecular weight is 275 g/mol. The fraction of sp³-hybridized carbons (Fsp3) is 0.333. The van der Waals surface area contributed by atoms with E-state index in [0.29, 0.717) is 19.0 Å². The van der Waals surface area contributed by atoms with Crippen molar-refractivity contribution in [2.24, 2.45) is 5.92 Å². The van der Waals surface area contributed by atoms with Gasteiger partial charge in [0.15, 0.2) is 0 Å². The zero-order chi connectivity index (χ0) is 15.0. The van der Waals surface area contributed by atoms with Crippen LogP contribution in [0.4, 0.5) is 4.39 Å². The molecule has 0 aliphatic carbocycles. The molecule has 0 atom stereocenters.